The number of rotatable bonds is 4. The van der Waals surface area contributed by atoms with Gasteiger partial charge in [-0.3, -0.25) is 0 Å². The number of nitrogens with zero attached hydrogens (tertiary/aromatic N) is 3. The van der Waals surface area contributed by atoms with E-state index in [1.807, 2.05) is 57.7 Å². The minimum Gasteiger partial charge on any atom is -0.436 e. The van der Waals surface area contributed by atoms with Gasteiger partial charge >= 0.3 is 0 Å². The Labute approximate surface area is 159 Å². The van der Waals surface area contributed by atoms with Crippen molar-refractivity contribution in [2.75, 3.05) is 19.0 Å². The molecular formula is C23H22N3O+. The summed E-state index contributed by atoms with van der Waals surface area (Å²) >= 11 is 0. The first-order valence-electron chi connectivity index (χ1n) is 8.91. The lowest BCUT2D eigenvalue weighted by Crippen LogP contribution is -2.30. The molecule has 134 valence electrons. The van der Waals surface area contributed by atoms with Gasteiger partial charge < -0.3 is 9.32 Å². The third-order valence-corrected chi connectivity index (χ3v) is 4.59. The summed E-state index contributed by atoms with van der Waals surface area (Å²) in [5.74, 6) is 0.641. The van der Waals surface area contributed by atoms with Gasteiger partial charge in [-0.05, 0) is 35.9 Å². The largest absolute Gasteiger partial charge is 0.436 e. The molecule has 0 unspecified atom stereocenters. The molecule has 4 heteroatoms. The highest BCUT2D eigenvalue weighted by atomic mass is 16.3. The maximum Gasteiger partial charge on any atom is 0.227 e. The van der Waals surface area contributed by atoms with Crippen LogP contribution in [-0.4, -0.2) is 19.1 Å². The Morgan fingerprint density at radius 3 is 2.48 bits per heavy atom. The molecule has 0 saturated heterocycles. The van der Waals surface area contributed by atoms with Gasteiger partial charge in [-0.2, -0.15) is 0 Å². The Hall–Kier alpha value is -3.40. The van der Waals surface area contributed by atoms with Crippen LogP contribution in [0.25, 0.3) is 34.7 Å². The molecular weight excluding hydrogens is 334 g/mol. The lowest BCUT2D eigenvalue weighted by Gasteiger charge is -2.11. The second kappa shape index (κ2) is 7.08. The molecule has 0 saturated carbocycles. The predicted molar refractivity (Wildman–Crippen MR) is 110 cm³/mol. The number of aromatic nitrogens is 2. The summed E-state index contributed by atoms with van der Waals surface area (Å²) in [4.78, 5) is 6.69. The van der Waals surface area contributed by atoms with Crippen molar-refractivity contribution in [3.05, 3.63) is 78.1 Å². The second-order valence-electron chi connectivity index (χ2n) is 6.76. The van der Waals surface area contributed by atoms with Crippen LogP contribution in [-0.2, 0) is 7.05 Å². The van der Waals surface area contributed by atoms with Crippen LogP contribution in [0.15, 0.2) is 71.3 Å². The maximum atomic E-state index is 5.90. The van der Waals surface area contributed by atoms with Crippen LogP contribution >= 0.6 is 0 Å². The summed E-state index contributed by atoms with van der Waals surface area (Å²) in [7, 11) is 6.12. The van der Waals surface area contributed by atoms with Gasteiger partial charge in [-0.1, -0.05) is 24.3 Å². The Kier molecular flexibility index (Phi) is 4.47. The van der Waals surface area contributed by atoms with Gasteiger partial charge in [0.25, 0.3) is 0 Å². The summed E-state index contributed by atoms with van der Waals surface area (Å²) in [6, 6.07) is 20.4. The van der Waals surface area contributed by atoms with Crippen molar-refractivity contribution in [1.29, 1.82) is 0 Å². The summed E-state index contributed by atoms with van der Waals surface area (Å²) in [5.41, 5.74) is 6.07. The minimum absolute atomic E-state index is 0.641. The topological polar surface area (TPSA) is 33.2 Å². The quantitative estimate of drug-likeness (QED) is 0.503. The van der Waals surface area contributed by atoms with E-state index in [1.165, 1.54) is 5.69 Å². The summed E-state index contributed by atoms with van der Waals surface area (Å²) in [6.45, 7) is 0. The van der Waals surface area contributed by atoms with Crippen molar-refractivity contribution in [3.8, 4) is 11.5 Å². The molecule has 27 heavy (non-hydrogen) atoms. The van der Waals surface area contributed by atoms with Crippen LogP contribution in [0.1, 0.15) is 11.3 Å². The van der Waals surface area contributed by atoms with Crippen LogP contribution in [0.4, 0.5) is 5.69 Å². The number of pyridine rings is 1. The lowest BCUT2D eigenvalue weighted by molar-refractivity contribution is -0.673. The molecule has 2 aromatic heterocycles. The number of anilines is 1. The fourth-order valence-electron chi connectivity index (χ4n) is 2.95. The molecule has 0 aliphatic heterocycles. The number of benzene rings is 2. The SMILES string of the molecule is CN(C)c1ccc(/C=C\c2cc(-c3nc4ccccc4o3)cc[n+]2C)cc1. The van der Waals surface area contributed by atoms with Crippen molar-refractivity contribution in [2.45, 2.75) is 0 Å². The Morgan fingerprint density at radius 2 is 1.74 bits per heavy atom. The fourth-order valence-corrected chi connectivity index (χ4v) is 2.95. The van der Waals surface area contributed by atoms with Crippen LogP contribution < -0.4 is 9.47 Å². The van der Waals surface area contributed by atoms with E-state index < -0.39 is 0 Å². The number of hydrogen-bond donors (Lipinski definition) is 0. The van der Waals surface area contributed by atoms with E-state index in [-0.39, 0.29) is 0 Å². The molecule has 4 rings (SSSR count). The predicted octanol–water partition coefficient (Wildman–Crippen LogP) is 4.56. The number of fused-ring (bicyclic) bond motifs is 1. The molecule has 0 spiro atoms. The maximum absolute atomic E-state index is 5.90. The van der Waals surface area contributed by atoms with E-state index in [4.69, 9.17) is 4.42 Å². The summed E-state index contributed by atoms with van der Waals surface area (Å²) in [6.07, 6.45) is 6.25. The Balaban J connectivity index is 1.64. The smallest absolute Gasteiger partial charge is 0.227 e. The first-order valence-corrected chi connectivity index (χ1v) is 8.91. The summed E-state index contributed by atoms with van der Waals surface area (Å²) in [5, 5.41) is 0. The van der Waals surface area contributed by atoms with Crippen LogP contribution in [0.5, 0.6) is 0 Å². The molecule has 0 atom stereocenters. The second-order valence-corrected chi connectivity index (χ2v) is 6.76. The highest BCUT2D eigenvalue weighted by molar-refractivity contribution is 5.76. The highest BCUT2D eigenvalue weighted by Crippen LogP contribution is 2.24. The van der Waals surface area contributed by atoms with Gasteiger partial charge in [0.1, 0.15) is 12.6 Å². The average molecular weight is 356 g/mol. The average Bonchev–Trinajstić information content (AvgIpc) is 3.12. The molecule has 0 radical (unpaired) electrons. The lowest BCUT2D eigenvalue weighted by atomic mass is 10.1. The standard InChI is InChI=1S/C23H22N3O/c1-25(2)19-11-8-17(9-12-19)10-13-20-16-18(14-15-26(20)3)23-24-21-6-4-5-7-22(21)27-23/h4-16H,1-3H3/q+1. The van der Waals surface area contributed by atoms with Crippen molar-refractivity contribution >= 4 is 28.9 Å². The zero-order valence-electron chi connectivity index (χ0n) is 15.8. The van der Waals surface area contributed by atoms with Crippen molar-refractivity contribution in [1.82, 2.24) is 4.98 Å². The van der Waals surface area contributed by atoms with E-state index in [2.05, 4.69) is 56.9 Å². The van der Waals surface area contributed by atoms with Crippen molar-refractivity contribution < 1.29 is 8.98 Å². The molecule has 0 fully saturated rings. The minimum atomic E-state index is 0.641. The highest BCUT2D eigenvalue weighted by Gasteiger charge is 2.12. The van der Waals surface area contributed by atoms with E-state index in [0.717, 1.165) is 27.9 Å². The van der Waals surface area contributed by atoms with Gasteiger partial charge in [-0.25, -0.2) is 9.55 Å². The van der Waals surface area contributed by atoms with Gasteiger partial charge in [-0.15, -0.1) is 0 Å². The van der Waals surface area contributed by atoms with Gasteiger partial charge in [0, 0.05) is 43.6 Å². The number of oxazole rings is 1. The van der Waals surface area contributed by atoms with Gasteiger partial charge in [0.2, 0.25) is 11.6 Å². The van der Waals surface area contributed by atoms with E-state index in [9.17, 15) is 0 Å². The number of hydrogen-bond acceptors (Lipinski definition) is 3. The first-order chi connectivity index (χ1) is 13.1. The molecule has 0 bridgehead atoms. The van der Waals surface area contributed by atoms with E-state index in [0.29, 0.717) is 5.89 Å². The molecule has 0 N–H and O–H groups in total. The monoisotopic (exact) mass is 356 g/mol. The Bertz CT molecular complexity index is 1080. The molecule has 4 aromatic rings. The molecule has 2 aromatic carbocycles. The fraction of sp³-hybridized carbons (Fsp3) is 0.130. The van der Waals surface area contributed by atoms with Crippen molar-refractivity contribution in [2.24, 2.45) is 7.05 Å². The molecule has 0 aliphatic carbocycles. The normalized spacial score (nSPS) is 11.4. The van der Waals surface area contributed by atoms with Crippen LogP contribution in [0, 0.1) is 0 Å². The zero-order chi connectivity index (χ0) is 18.8. The molecule has 2 heterocycles. The van der Waals surface area contributed by atoms with Gasteiger partial charge in [0.05, 0.1) is 0 Å². The van der Waals surface area contributed by atoms with Crippen molar-refractivity contribution in [3.63, 3.8) is 0 Å². The van der Waals surface area contributed by atoms with E-state index in [1.54, 1.807) is 0 Å². The third-order valence-electron chi connectivity index (χ3n) is 4.59. The van der Waals surface area contributed by atoms with E-state index >= 15 is 0 Å². The molecule has 0 aliphatic rings. The first kappa shape index (κ1) is 17.0. The summed E-state index contributed by atoms with van der Waals surface area (Å²) < 4.78 is 7.98. The van der Waals surface area contributed by atoms with Gasteiger partial charge in [0.15, 0.2) is 11.8 Å². The molecule has 0 amide bonds. The number of para-hydroxylation sites is 2. The number of aryl methyl sites for hydroxylation is 1. The third kappa shape index (κ3) is 3.60. The molecule has 4 nitrogen and oxygen atoms in total. The Morgan fingerprint density at radius 1 is 0.963 bits per heavy atom. The van der Waals surface area contributed by atoms with Crippen LogP contribution in [0.3, 0.4) is 0 Å². The zero-order valence-corrected chi connectivity index (χ0v) is 15.8. The van der Waals surface area contributed by atoms with Crippen LogP contribution in [0.2, 0.25) is 0 Å².